The average molecular weight is 307 g/mol. The molecule has 1 atom stereocenters. The summed E-state index contributed by atoms with van der Waals surface area (Å²) in [4.78, 5) is 11.3. The van der Waals surface area contributed by atoms with Gasteiger partial charge in [-0.25, -0.2) is 0 Å². The molecule has 0 aliphatic heterocycles. The van der Waals surface area contributed by atoms with E-state index in [1.54, 1.807) is 51.7 Å². The molecule has 6 nitrogen and oxygen atoms in total. The average Bonchev–Trinajstić information content (AvgIpc) is 2.49. The topological polar surface area (TPSA) is 77.0 Å². The van der Waals surface area contributed by atoms with Crippen LogP contribution in [0.25, 0.3) is 6.08 Å². The lowest BCUT2D eigenvalue weighted by atomic mass is 10.1. The monoisotopic (exact) mass is 307 g/mol. The smallest absolute Gasteiger partial charge is 0.245 e. The maximum Gasteiger partial charge on any atom is 0.245 e. The van der Waals surface area contributed by atoms with Crippen molar-refractivity contribution < 1.29 is 24.1 Å². The van der Waals surface area contributed by atoms with Gasteiger partial charge in [0.05, 0.1) is 21.3 Å². The zero-order chi connectivity index (χ0) is 16.5. The zero-order valence-corrected chi connectivity index (χ0v) is 13.1. The molecule has 0 fully saturated rings. The van der Waals surface area contributed by atoms with Crippen LogP contribution < -0.4 is 19.5 Å². The van der Waals surface area contributed by atoms with Crippen LogP contribution in [0.4, 0.5) is 0 Å². The van der Waals surface area contributed by atoms with Crippen molar-refractivity contribution in [2.75, 3.05) is 21.3 Å². The summed E-state index contributed by atoms with van der Waals surface area (Å²) in [5.74, 6) is 1.26. The minimum Gasteiger partial charge on any atom is -0.493 e. The van der Waals surface area contributed by atoms with Crippen LogP contribution in [-0.4, -0.2) is 38.6 Å². The summed E-state index contributed by atoms with van der Waals surface area (Å²) < 4.78 is 15.8. The number of methoxy groups -OCH3 is 3. The Morgan fingerprint density at radius 1 is 1.14 bits per heavy atom. The van der Waals surface area contributed by atoms with Gasteiger partial charge < -0.3 is 24.6 Å². The van der Waals surface area contributed by atoms with Crippen LogP contribution in [0.2, 0.25) is 0 Å². The van der Waals surface area contributed by atoms with Gasteiger partial charge in [0.2, 0.25) is 11.7 Å². The Balaban J connectivity index is 2.87. The fourth-order valence-electron chi connectivity index (χ4n) is 1.76. The van der Waals surface area contributed by atoms with Gasteiger partial charge >= 0.3 is 0 Å². The van der Waals surface area contributed by atoms with E-state index in [2.05, 4.69) is 5.32 Å². The molecule has 0 bridgehead atoms. The lowest BCUT2D eigenvalue weighted by Gasteiger charge is -2.12. The summed E-state index contributed by atoms with van der Waals surface area (Å²) in [5.41, 5.74) is 0.829. The molecular formula is C16H21NO5. The van der Waals surface area contributed by atoms with Crippen LogP contribution >= 0.6 is 0 Å². The molecule has 0 aromatic heterocycles. The fraction of sp³-hybridized carbons (Fsp3) is 0.312. The highest BCUT2D eigenvalue weighted by Gasteiger charge is 2.11. The number of hydrogen-bond acceptors (Lipinski definition) is 5. The van der Waals surface area contributed by atoms with Gasteiger partial charge in [-0.05, 0) is 24.6 Å². The fourth-order valence-corrected chi connectivity index (χ4v) is 1.76. The molecule has 0 aliphatic rings. The van der Waals surface area contributed by atoms with Gasteiger partial charge in [0, 0.05) is 6.08 Å². The number of carbonyl (C=O) groups excluding carboxylic acids is 1. The standard InChI is InChI=1S/C16H21NO5/c1-11(18)17-15(19)8-6-5-7-12-9-13(20-2)16(22-4)14(10-12)21-3/h5-11,18H,1-4H3,(H,17,19)/b7-5+,8-6+. The minimum absolute atomic E-state index is 0.371. The number of hydrogen-bond donors (Lipinski definition) is 2. The van der Waals surface area contributed by atoms with Gasteiger partial charge in [0.25, 0.3) is 0 Å². The first-order valence-electron chi connectivity index (χ1n) is 6.65. The van der Waals surface area contributed by atoms with E-state index in [0.29, 0.717) is 17.2 Å². The van der Waals surface area contributed by atoms with Crippen molar-refractivity contribution in [3.05, 3.63) is 35.9 Å². The second-order valence-electron chi connectivity index (χ2n) is 4.36. The molecule has 1 rings (SSSR count). The van der Waals surface area contributed by atoms with Gasteiger partial charge in [0.1, 0.15) is 6.23 Å². The third-order valence-electron chi connectivity index (χ3n) is 2.69. The molecule has 1 unspecified atom stereocenters. The Morgan fingerprint density at radius 3 is 2.18 bits per heavy atom. The van der Waals surface area contributed by atoms with Gasteiger partial charge in [-0.15, -0.1) is 0 Å². The summed E-state index contributed by atoms with van der Waals surface area (Å²) in [6, 6.07) is 3.59. The largest absolute Gasteiger partial charge is 0.493 e. The second kappa shape index (κ2) is 8.74. The van der Waals surface area contributed by atoms with Gasteiger partial charge in [-0.3, -0.25) is 4.79 Å². The molecule has 2 N–H and O–H groups in total. The summed E-state index contributed by atoms with van der Waals surface area (Å²) in [6.07, 6.45) is 5.50. The van der Waals surface area contributed by atoms with Gasteiger partial charge in [-0.2, -0.15) is 0 Å². The molecule has 0 saturated heterocycles. The molecule has 0 heterocycles. The van der Waals surface area contributed by atoms with Crippen LogP contribution in [0, 0.1) is 0 Å². The number of allylic oxidation sites excluding steroid dienone is 2. The number of aliphatic hydroxyl groups is 1. The number of nitrogens with one attached hydrogen (secondary N) is 1. The molecule has 6 heteroatoms. The molecule has 1 aromatic carbocycles. The number of carbonyl (C=O) groups is 1. The predicted octanol–water partition coefficient (Wildman–Crippen LogP) is 1.74. The highest BCUT2D eigenvalue weighted by molar-refractivity contribution is 5.88. The highest BCUT2D eigenvalue weighted by atomic mass is 16.5. The summed E-state index contributed by atoms with van der Waals surface area (Å²) >= 11 is 0. The number of benzene rings is 1. The molecule has 0 aliphatic carbocycles. The Labute approximate surface area is 130 Å². The van der Waals surface area contributed by atoms with E-state index in [1.807, 2.05) is 0 Å². The van der Waals surface area contributed by atoms with Crippen molar-refractivity contribution in [2.45, 2.75) is 13.2 Å². The van der Waals surface area contributed by atoms with Crippen molar-refractivity contribution in [3.63, 3.8) is 0 Å². The summed E-state index contributed by atoms with van der Waals surface area (Å²) in [6.45, 7) is 1.47. The first kappa shape index (κ1) is 17.6. The van der Waals surface area contributed by atoms with Crippen molar-refractivity contribution in [1.29, 1.82) is 0 Å². The minimum atomic E-state index is -0.878. The number of rotatable bonds is 7. The highest BCUT2D eigenvalue weighted by Crippen LogP contribution is 2.38. The van der Waals surface area contributed by atoms with E-state index in [1.165, 1.54) is 13.0 Å². The zero-order valence-electron chi connectivity index (χ0n) is 13.1. The third-order valence-corrected chi connectivity index (χ3v) is 2.69. The Bertz CT molecular complexity index is 539. The van der Waals surface area contributed by atoms with E-state index >= 15 is 0 Å². The maximum atomic E-state index is 11.3. The number of ether oxygens (including phenoxy) is 3. The number of aliphatic hydroxyl groups excluding tert-OH is 1. The first-order valence-corrected chi connectivity index (χ1v) is 6.65. The van der Waals surface area contributed by atoms with Crippen LogP contribution in [0.1, 0.15) is 12.5 Å². The van der Waals surface area contributed by atoms with E-state index in [0.717, 1.165) is 5.56 Å². The molecule has 0 saturated carbocycles. The maximum absolute atomic E-state index is 11.3. The van der Waals surface area contributed by atoms with Crippen LogP contribution in [-0.2, 0) is 4.79 Å². The van der Waals surface area contributed by atoms with Crippen LogP contribution in [0.5, 0.6) is 17.2 Å². The van der Waals surface area contributed by atoms with Crippen molar-refractivity contribution >= 4 is 12.0 Å². The normalized spacial score (nSPS) is 12.4. The molecule has 0 spiro atoms. The van der Waals surface area contributed by atoms with E-state index < -0.39 is 6.23 Å². The third kappa shape index (κ3) is 5.14. The lowest BCUT2D eigenvalue weighted by molar-refractivity contribution is -0.119. The van der Waals surface area contributed by atoms with E-state index in [-0.39, 0.29) is 5.91 Å². The van der Waals surface area contributed by atoms with Crippen molar-refractivity contribution in [2.24, 2.45) is 0 Å². The SMILES string of the molecule is COc1cc(/C=C/C=C/C(=O)NC(C)O)cc(OC)c1OC. The molecule has 0 radical (unpaired) electrons. The predicted molar refractivity (Wildman–Crippen MR) is 84.1 cm³/mol. The van der Waals surface area contributed by atoms with E-state index in [9.17, 15) is 4.79 Å². The number of amides is 1. The molecule has 1 aromatic rings. The molecule has 22 heavy (non-hydrogen) atoms. The first-order chi connectivity index (χ1) is 10.5. The second-order valence-corrected chi connectivity index (χ2v) is 4.36. The van der Waals surface area contributed by atoms with Gasteiger partial charge in [0.15, 0.2) is 11.5 Å². The van der Waals surface area contributed by atoms with Crippen molar-refractivity contribution in [3.8, 4) is 17.2 Å². The Kier molecular flexibility index (Phi) is 6.98. The summed E-state index contributed by atoms with van der Waals surface area (Å²) in [5, 5.41) is 11.3. The van der Waals surface area contributed by atoms with Gasteiger partial charge in [-0.1, -0.05) is 18.2 Å². The van der Waals surface area contributed by atoms with E-state index in [4.69, 9.17) is 19.3 Å². The molecule has 1 amide bonds. The Morgan fingerprint density at radius 2 is 1.73 bits per heavy atom. The molecule has 120 valence electrons. The lowest BCUT2D eigenvalue weighted by Crippen LogP contribution is -2.30. The summed E-state index contributed by atoms with van der Waals surface area (Å²) in [7, 11) is 4.63. The Hall–Kier alpha value is -2.47. The van der Waals surface area contributed by atoms with Crippen LogP contribution in [0.15, 0.2) is 30.4 Å². The molecular weight excluding hydrogens is 286 g/mol. The van der Waals surface area contributed by atoms with Crippen molar-refractivity contribution in [1.82, 2.24) is 5.32 Å². The van der Waals surface area contributed by atoms with Crippen LogP contribution in [0.3, 0.4) is 0 Å². The quantitative estimate of drug-likeness (QED) is 0.456.